The van der Waals surface area contributed by atoms with E-state index in [1.54, 1.807) is 4.68 Å². The van der Waals surface area contributed by atoms with Crippen LogP contribution >= 0.6 is 0 Å². The Morgan fingerprint density at radius 3 is 1.91 bits per heavy atom. The third kappa shape index (κ3) is 5.14. The standard InChI is InChI=1S/C38H37N5O3S/c1-26-25-43-36(46-26)34(24-39-43)47(45,41-37(44)40-35-32-21-11-13-27(32)23-28-14-12-22-33(28)35)42-38(29-15-5-2-6-16-29,30-17-7-3-8-18-30)31-19-9-4-10-20-31/h2-10,15-20,23-24,26H,11-14,21-22,25H2,1H3,(H2,40,41,42,44,45). The average Bonchev–Trinajstić information content (AvgIpc) is 3.90. The monoisotopic (exact) mass is 643 g/mol. The first kappa shape index (κ1) is 29.7. The minimum absolute atomic E-state index is 0.161. The topological polar surface area (TPSA) is 97.6 Å². The van der Waals surface area contributed by atoms with E-state index in [2.05, 4.69) is 25.6 Å². The van der Waals surface area contributed by atoms with Gasteiger partial charge in [0.25, 0.3) is 0 Å². The number of fused-ring (bicyclic) bond motifs is 3. The largest absolute Gasteiger partial charge is 0.472 e. The van der Waals surface area contributed by atoms with Gasteiger partial charge in [-0.05, 0) is 84.4 Å². The number of nitrogens with one attached hydrogen (secondary N) is 2. The van der Waals surface area contributed by atoms with E-state index in [-0.39, 0.29) is 11.0 Å². The van der Waals surface area contributed by atoms with E-state index >= 15 is 4.21 Å². The van der Waals surface area contributed by atoms with Crippen molar-refractivity contribution in [3.05, 3.63) is 142 Å². The zero-order valence-corrected chi connectivity index (χ0v) is 27.1. The maximum Gasteiger partial charge on any atom is 0.354 e. The predicted molar refractivity (Wildman–Crippen MR) is 183 cm³/mol. The van der Waals surface area contributed by atoms with E-state index in [1.165, 1.54) is 28.5 Å². The summed E-state index contributed by atoms with van der Waals surface area (Å²) in [6.07, 6.45) is 7.31. The summed E-state index contributed by atoms with van der Waals surface area (Å²) in [7, 11) is -3.77. The molecule has 8 rings (SSSR count). The number of rotatable bonds is 7. The highest BCUT2D eigenvalue weighted by atomic mass is 32.2. The number of aromatic nitrogens is 2. The van der Waals surface area contributed by atoms with Gasteiger partial charge in [-0.2, -0.15) is 5.10 Å². The van der Waals surface area contributed by atoms with E-state index in [9.17, 15) is 4.79 Å². The smallest absolute Gasteiger partial charge is 0.354 e. The lowest BCUT2D eigenvalue weighted by Crippen LogP contribution is -2.48. The Hall–Kier alpha value is -4.73. The molecule has 0 saturated carbocycles. The summed E-state index contributed by atoms with van der Waals surface area (Å²) >= 11 is 0. The number of hydrogen-bond donors (Lipinski definition) is 2. The molecule has 238 valence electrons. The number of nitrogens with zero attached hydrogens (tertiary/aromatic N) is 3. The van der Waals surface area contributed by atoms with Crippen molar-refractivity contribution in [2.45, 2.75) is 68.5 Å². The quantitative estimate of drug-likeness (QED) is 0.183. The Morgan fingerprint density at radius 2 is 1.38 bits per heavy atom. The fourth-order valence-electron chi connectivity index (χ4n) is 7.56. The van der Waals surface area contributed by atoms with E-state index < -0.39 is 21.5 Å². The van der Waals surface area contributed by atoms with Crippen molar-refractivity contribution in [1.29, 1.82) is 0 Å². The van der Waals surface area contributed by atoms with Crippen LogP contribution in [0.2, 0.25) is 0 Å². The maximum absolute atomic E-state index is 15.8. The van der Waals surface area contributed by atoms with Crippen LogP contribution in [0.1, 0.15) is 58.7 Å². The predicted octanol–water partition coefficient (Wildman–Crippen LogP) is 7.20. The Kier molecular flexibility index (Phi) is 7.45. The molecule has 0 saturated heterocycles. The molecule has 2 aliphatic carbocycles. The lowest BCUT2D eigenvalue weighted by Gasteiger charge is -2.37. The van der Waals surface area contributed by atoms with Crippen LogP contribution in [-0.4, -0.2) is 26.1 Å². The van der Waals surface area contributed by atoms with Crippen LogP contribution in [0.5, 0.6) is 5.88 Å². The number of ether oxygens (including phenoxy) is 1. The van der Waals surface area contributed by atoms with Crippen LogP contribution in [0.25, 0.3) is 0 Å². The van der Waals surface area contributed by atoms with Crippen LogP contribution in [-0.2, 0) is 47.7 Å². The molecule has 4 aromatic carbocycles. The summed E-state index contributed by atoms with van der Waals surface area (Å²) in [4.78, 5) is 14.5. The van der Waals surface area contributed by atoms with Gasteiger partial charge in [-0.3, -0.25) is 0 Å². The summed E-state index contributed by atoms with van der Waals surface area (Å²) in [6, 6.07) is 31.3. The molecule has 0 fully saturated rings. The molecule has 0 radical (unpaired) electrons. The zero-order valence-electron chi connectivity index (χ0n) is 26.3. The molecule has 2 amide bonds. The van der Waals surface area contributed by atoms with Crippen LogP contribution in [0.15, 0.2) is 113 Å². The molecule has 2 N–H and O–H groups in total. The Balaban J connectivity index is 1.34. The van der Waals surface area contributed by atoms with Gasteiger partial charge in [-0.25, -0.2) is 18.4 Å². The summed E-state index contributed by atoms with van der Waals surface area (Å²) in [6.45, 7) is 2.46. The lowest BCUT2D eigenvalue weighted by molar-refractivity contribution is 0.248. The molecule has 1 aliphatic heterocycles. The first-order valence-electron chi connectivity index (χ1n) is 16.4. The molecule has 8 nitrogen and oxygen atoms in total. The summed E-state index contributed by atoms with van der Waals surface area (Å²) in [5.74, 6) is 0.358. The highest BCUT2D eigenvalue weighted by Gasteiger charge is 2.42. The van der Waals surface area contributed by atoms with Crippen molar-refractivity contribution >= 4 is 21.6 Å². The molecule has 1 aromatic heterocycles. The van der Waals surface area contributed by atoms with Crippen LogP contribution in [0, 0.1) is 0 Å². The second kappa shape index (κ2) is 11.8. The second-order valence-corrected chi connectivity index (χ2v) is 14.5. The van der Waals surface area contributed by atoms with E-state index in [0.29, 0.717) is 12.4 Å². The fraction of sp³-hybridized carbons (Fsp3) is 0.263. The molecule has 0 spiro atoms. The highest BCUT2D eigenvalue weighted by Crippen LogP contribution is 2.42. The summed E-state index contributed by atoms with van der Waals surface area (Å²) < 4.78 is 31.8. The average molecular weight is 644 g/mol. The summed E-state index contributed by atoms with van der Waals surface area (Å²) in [5.41, 5.74) is 7.19. The fourth-order valence-corrected chi connectivity index (χ4v) is 9.44. The molecule has 2 heterocycles. The molecule has 47 heavy (non-hydrogen) atoms. The number of hydrogen-bond acceptors (Lipinski definition) is 4. The minimum Gasteiger partial charge on any atom is -0.472 e. The van der Waals surface area contributed by atoms with Crippen molar-refractivity contribution in [1.82, 2.24) is 14.5 Å². The second-order valence-electron chi connectivity index (χ2n) is 12.7. The number of carbonyl (C=O) groups excluding carboxylic acids is 1. The molecule has 9 heteroatoms. The van der Waals surface area contributed by atoms with Crippen LogP contribution in [0.4, 0.5) is 10.5 Å². The van der Waals surface area contributed by atoms with E-state index in [4.69, 9.17) is 4.74 Å². The van der Waals surface area contributed by atoms with Crippen molar-refractivity contribution in [3.63, 3.8) is 0 Å². The number of carbonyl (C=O) groups is 1. The van der Waals surface area contributed by atoms with Crippen molar-refractivity contribution in [2.24, 2.45) is 4.36 Å². The minimum atomic E-state index is -3.77. The SMILES string of the molecule is CC1Cn2ncc(S(=O)(=NC(=O)Nc3c4c(cc5c3CCC5)CCC4)NC(c3ccccc3)(c3ccccc3)c3ccccc3)c2O1. The van der Waals surface area contributed by atoms with Gasteiger partial charge in [0.1, 0.15) is 16.5 Å². The Labute approximate surface area is 275 Å². The van der Waals surface area contributed by atoms with Gasteiger partial charge >= 0.3 is 6.03 Å². The van der Waals surface area contributed by atoms with Crippen molar-refractivity contribution < 1.29 is 13.7 Å². The molecule has 2 atom stereocenters. The Morgan fingerprint density at radius 1 is 0.851 bits per heavy atom. The van der Waals surface area contributed by atoms with Crippen molar-refractivity contribution in [2.75, 3.05) is 5.32 Å². The normalized spacial score (nSPS) is 17.7. The first-order chi connectivity index (χ1) is 22.9. The summed E-state index contributed by atoms with van der Waals surface area (Å²) in [5, 5.41) is 7.68. The van der Waals surface area contributed by atoms with Gasteiger partial charge in [0.15, 0.2) is 9.92 Å². The van der Waals surface area contributed by atoms with Gasteiger partial charge < -0.3 is 10.1 Å². The van der Waals surface area contributed by atoms with Gasteiger partial charge in [-0.15, -0.1) is 4.36 Å². The third-order valence-corrected chi connectivity index (χ3v) is 11.5. The number of aryl methyl sites for hydroxylation is 2. The van der Waals surface area contributed by atoms with E-state index in [1.807, 2.05) is 97.9 Å². The molecular formula is C38H37N5O3S. The van der Waals surface area contributed by atoms with Crippen molar-refractivity contribution in [3.8, 4) is 5.88 Å². The number of benzene rings is 4. The maximum atomic E-state index is 15.8. The molecule has 3 aliphatic rings. The number of amides is 2. The molecule has 2 unspecified atom stereocenters. The van der Waals surface area contributed by atoms with Gasteiger partial charge in [0.2, 0.25) is 5.88 Å². The van der Waals surface area contributed by atoms with Crippen LogP contribution in [0.3, 0.4) is 0 Å². The van der Waals surface area contributed by atoms with Gasteiger partial charge in [0.05, 0.1) is 12.7 Å². The molecular weight excluding hydrogens is 607 g/mol. The first-order valence-corrected chi connectivity index (χ1v) is 17.9. The van der Waals surface area contributed by atoms with Gasteiger partial charge in [0, 0.05) is 5.69 Å². The van der Waals surface area contributed by atoms with E-state index in [0.717, 1.165) is 60.9 Å². The van der Waals surface area contributed by atoms with Gasteiger partial charge in [-0.1, -0.05) is 97.1 Å². The zero-order chi connectivity index (χ0) is 32.0. The highest BCUT2D eigenvalue weighted by molar-refractivity contribution is 7.92. The third-order valence-electron chi connectivity index (χ3n) is 9.63. The Bertz CT molecular complexity index is 1960. The number of urea groups is 1. The van der Waals surface area contributed by atoms with Crippen LogP contribution < -0.4 is 14.8 Å². The molecule has 0 bridgehead atoms. The number of anilines is 1. The lowest BCUT2D eigenvalue weighted by atomic mass is 9.78. The molecule has 5 aromatic rings.